The molecule has 1 atom stereocenters. The molecule has 5 heterocycles. The van der Waals surface area contributed by atoms with Crippen molar-refractivity contribution in [1.82, 2.24) is 24.6 Å². The summed E-state index contributed by atoms with van der Waals surface area (Å²) < 4.78 is 1.72. The Labute approximate surface area is 174 Å². The molecule has 1 aliphatic heterocycles. The maximum atomic E-state index is 13.2. The van der Waals surface area contributed by atoms with E-state index in [4.69, 9.17) is 0 Å². The first kappa shape index (κ1) is 17.8. The van der Waals surface area contributed by atoms with Gasteiger partial charge in [-0.25, -0.2) is 9.97 Å². The van der Waals surface area contributed by atoms with Gasteiger partial charge in [0.2, 0.25) is 5.91 Å². The minimum Gasteiger partial charge on any atom is -0.330 e. The van der Waals surface area contributed by atoms with Gasteiger partial charge in [0.15, 0.2) is 5.65 Å². The number of carbonyl (C=O) groups excluding carboxylic acids is 1. The molecule has 6 nitrogen and oxygen atoms in total. The molecule has 0 N–H and O–H groups in total. The van der Waals surface area contributed by atoms with E-state index in [1.165, 1.54) is 33.4 Å². The summed E-state index contributed by atoms with van der Waals surface area (Å²) in [7, 11) is 1.85. The van der Waals surface area contributed by atoms with E-state index in [2.05, 4.69) is 44.0 Å². The van der Waals surface area contributed by atoms with E-state index in [1.807, 2.05) is 11.9 Å². The average Bonchev–Trinajstić information content (AvgIpc) is 3.46. The molecule has 1 aliphatic rings. The van der Waals surface area contributed by atoms with E-state index in [0.717, 1.165) is 29.0 Å². The fourth-order valence-electron chi connectivity index (χ4n) is 3.61. The van der Waals surface area contributed by atoms with Crippen LogP contribution in [0.2, 0.25) is 0 Å². The zero-order valence-corrected chi connectivity index (χ0v) is 17.6. The number of nitrogens with zero attached hydrogens (tertiary/aromatic N) is 5. The average molecular weight is 428 g/mol. The molecule has 5 rings (SSSR count). The summed E-state index contributed by atoms with van der Waals surface area (Å²) in [5.41, 5.74) is 2.05. The Morgan fingerprint density at radius 3 is 3.07 bits per heavy atom. The minimum absolute atomic E-state index is 0.0203. The third kappa shape index (κ3) is 3.03. The maximum Gasteiger partial charge on any atom is 0.233 e. The molecule has 1 amide bonds. The molecule has 28 heavy (non-hydrogen) atoms. The van der Waals surface area contributed by atoms with Gasteiger partial charge < -0.3 is 4.90 Å². The number of fused-ring (bicyclic) bond motifs is 2. The van der Waals surface area contributed by atoms with Crippen LogP contribution < -0.4 is 0 Å². The lowest BCUT2D eigenvalue weighted by Crippen LogP contribution is -2.40. The molecule has 1 unspecified atom stereocenters. The van der Waals surface area contributed by atoms with Crippen molar-refractivity contribution < 1.29 is 4.79 Å². The second-order valence-electron chi connectivity index (χ2n) is 6.53. The van der Waals surface area contributed by atoms with Crippen molar-refractivity contribution in [1.29, 1.82) is 0 Å². The van der Waals surface area contributed by atoms with Gasteiger partial charge in [0.25, 0.3) is 0 Å². The lowest BCUT2D eigenvalue weighted by atomic mass is 9.98. The fourth-order valence-corrected chi connectivity index (χ4v) is 6.21. The second-order valence-corrected chi connectivity index (χ2v) is 9.47. The maximum absolute atomic E-state index is 13.2. The van der Waals surface area contributed by atoms with Crippen molar-refractivity contribution in [3.05, 3.63) is 56.8 Å². The van der Waals surface area contributed by atoms with E-state index in [1.54, 1.807) is 33.6 Å². The minimum atomic E-state index is 0.0203. The van der Waals surface area contributed by atoms with E-state index in [-0.39, 0.29) is 11.9 Å². The molecule has 9 heteroatoms. The van der Waals surface area contributed by atoms with Crippen molar-refractivity contribution in [3.63, 3.8) is 0 Å². The number of rotatable bonds is 4. The predicted molar refractivity (Wildman–Crippen MR) is 113 cm³/mol. The molecule has 0 bridgehead atoms. The number of aromatic nitrogens is 4. The van der Waals surface area contributed by atoms with Gasteiger partial charge >= 0.3 is 0 Å². The van der Waals surface area contributed by atoms with E-state index >= 15 is 0 Å². The highest BCUT2D eigenvalue weighted by atomic mass is 32.2. The number of thioether (sulfide) groups is 1. The fraction of sp³-hybridized carbons (Fsp3) is 0.263. The molecule has 4 aromatic heterocycles. The number of aryl methyl sites for hydroxylation is 1. The second kappa shape index (κ2) is 7.31. The number of amides is 1. The van der Waals surface area contributed by atoms with Crippen LogP contribution in [0.4, 0.5) is 0 Å². The first-order chi connectivity index (χ1) is 13.7. The van der Waals surface area contributed by atoms with Gasteiger partial charge in [0, 0.05) is 23.3 Å². The molecular formula is C19H17N5OS3. The topological polar surface area (TPSA) is 63.9 Å². The Hall–Kier alpha value is -2.23. The van der Waals surface area contributed by atoms with E-state index in [9.17, 15) is 4.79 Å². The van der Waals surface area contributed by atoms with E-state index < -0.39 is 0 Å². The largest absolute Gasteiger partial charge is 0.330 e. The van der Waals surface area contributed by atoms with Crippen molar-refractivity contribution in [2.45, 2.75) is 17.5 Å². The van der Waals surface area contributed by atoms with Crippen molar-refractivity contribution in [2.24, 2.45) is 7.05 Å². The molecule has 142 valence electrons. The summed E-state index contributed by atoms with van der Waals surface area (Å²) in [6.45, 7) is 0.752. The highest BCUT2D eigenvalue weighted by Gasteiger charge is 2.33. The van der Waals surface area contributed by atoms with Gasteiger partial charge in [-0.2, -0.15) is 5.10 Å². The molecule has 0 saturated carbocycles. The van der Waals surface area contributed by atoms with Crippen molar-refractivity contribution in [2.75, 3.05) is 12.3 Å². The molecule has 0 spiro atoms. The Bertz CT molecular complexity index is 1130. The van der Waals surface area contributed by atoms with Crippen molar-refractivity contribution >= 4 is 51.4 Å². The predicted octanol–water partition coefficient (Wildman–Crippen LogP) is 3.75. The standard InChI is InChI=1S/C19H17N5OS3/c1-23-18-13(9-22-23)19(21-11-20-18)28-10-16(25)24-6-4-14-12(5-8-27-14)17(24)15-3-2-7-26-15/h2-3,5,7-9,11,17H,4,6,10H2,1H3. The van der Waals surface area contributed by atoms with Gasteiger partial charge in [-0.1, -0.05) is 17.8 Å². The summed E-state index contributed by atoms with van der Waals surface area (Å²) >= 11 is 4.96. The zero-order valence-electron chi connectivity index (χ0n) is 15.1. The van der Waals surface area contributed by atoms with Crippen LogP contribution in [-0.4, -0.2) is 42.9 Å². The first-order valence-corrected chi connectivity index (χ1v) is 11.6. The lowest BCUT2D eigenvalue weighted by molar-refractivity contribution is -0.130. The van der Waals surface area contributed by atoms with Crippen LogP contribution in [0.25, 0.3) is 11.0 Å². The molecule has 4 aromatic rings. The summed E-state index contributed by atoms with van der Waals surface area (Å²) in [6, 6.07) is 6.37. The first-order valence-electron chi connectivity index (χ1n) is 8.87. The van der Waals surface area contributed by atoms with Crippen LogP contribution in [-0.2, 0) is 18.3 Å². The van der Waals surface area contributed by atoms with Crippen LogP contribution in [0.15, 0.2) is 46.5 Å². The van der Waals surface area contributed by atoms with Crippen LogP contribution >= 0.6 is 34.4 Å². The van der Waals surface area contributed by atoms with Crippen LogP contribution in [0.3, 0.4) is 0 Å². The smallest absolute Gasteiger partial charge is 0.233 e. The molecular weight excluding hydrogens is 410 g/mol. The third-order valence-corrected chi connectivity index (χ3v) is 7.84. The van der Waals surface area contributed by atoms with Gasteiger partial charge in [0.05, 0.1) is 23.4 Å². The summed E-state index contributed by atoms with van der Waals surface area (Å²) in [5, 5.41) is 10.1. The van der Waals surface area contributed by atoms with E-state index in [0.29, 0.717) is 5.75 Å². The lowest BCUT2D eigenvalue weighted by Gasteiger charge is -2.35. The summed E-state index contributed by atoms with van der Waals surface area (Å²) in [6.07, 6.45) is 4.21. The monoisotopic (exact) mass is 427 g/mol. The quantitative estimate of drug-likeness (QED) is 0.367. The Balaban J connectivity index is 1.40. The van der Waals surface area contributed by atoms with Gasteiger partial charge in [-0.15, -0.1) is 22.7 Å². The summed E-state index contributed by atoms with van der Waals surface area (Å²) in [4.78, 5) is 26.5. The summed E-state index contributed by atoms with van der Waals surface area (Å²) in [5.74, 6) is 0.485. The van der Waals surface area contributed by atoms with Crippen LogP contribution in [0, 0.1) is 0 Å². The molecule has 0 fully saturated rings. The normalized spacial score (nSPS) is 16.5. The number of hydrogen-bond acceptors (Lipinski definition) is 7. The molecule has 0 aliphatic carbocycles. The van der Waals surface area contributed by atoms with Crippen LogP contribution in [0.1, 0.15) is 21.4 Å². The zero-order chi connectivity index (χ0) is 19.1. The Morgan fingerprint density at radius 2 is 2.21 bits per heavy atom. The third-order valence-electron chi connectivity index (χ3n) is 4.92. The highest BCUT2D eigenvalue weighted by molar-refractivity contribution is 8.00. The van der Waals surface area contributed by atoms with Gasteiger partial charge in [0.1, 0.15) is 11.4 Å². The number of thiophene rings is 2. The molecule has 0 radical (unpaired) electrons. The van der Waals surface area contributed by atoms with Crippen molar-refractivity contribution in [3.8, 4) is 0 Å². The Morgan fingerprint density at radius 1 is 1.29 bits per heavy atom. The van der Waals surface area contributed by atoms with Crippen LogP contribution in [0.5, 0.6) is 0 Å². The number of hydrogen-bond donors (Lipinski definition) is 0. The number of carbonyl (C=O) groups is 1. The molecule has 0 saturated heterocycles. The Kier molecular flexibility index (Phi) is 4.65. The highest BCUT2D eigenvalue weighted by Crippen LogP contribution is 2.40. The van der Waals surface area contributed by atoms with Gasteiger partial charge in [-0.3, -0.25) is 9.48 Å². The SMILES string of the molecule is Cn1ncc2c(SCC(=O)N3CCc4sccc4C3c3cccs3)ncnc21. The van der Waals surface area contributed by atoms with Gasteiger partial charge in [-0.05, 0) is 34.9 Å². The molecule has 0 aromatic carbocycles.